The van der Waals surface area contributed by atoms with Crippen molar-refractivity contribution in [1.82, 2.24) is 0 Å². The summed E-state index contributed by atoms with van der Waals surface area (Å²) in [6.45, 7) is 9.37. The third kappa shape index (κ3) is 34.9. The van der Waals surface area contributed by atoms with Crippen LogP contribution in [-0.2, 0) is 0 Å². The average molecular weight is 217 g/mol. The van der Waals surface area contributed by atoms with Gasteiger partial charge in [0.2, 0.25) is 0 Å². The van der Waals surface area contributed by atoms with Gasteiger partial charge >= 0.3 is 23.1 Å². The summed E-state index contributed by atoms with van der Waals surface area (Å²) in [5.41, 5.74) is 0. The van der Waals surface area contributed by atoms with Crippen LogP contribution in [0.3, 0.4) is 0 Å². The van der Waals surface area contributed by atoms with E-state index in [0.717, 1.165) is 18.2 Å². The molecule has 0 saturated heterocycles. The molecule has 0 atom stereocenters. The Labute approximate surface area is 90.4 Å². The van der Waals surface area contributed by atoms with Gasteiger partial charge in [-0.25, -0.2) is 0 Å². The van der Waals surface area contributed by atoms with Crippen molar-refractivity contribution >= 4 is 39.0 Å². The molecule has 0 aromatic carbocycles. The van der Waals surface area contributed by atoms with Crippen molar-refractivity contribution < 1.29 is 0 Å². The molecule has 0 aliphatic carbocycles. The zero-order chi connectivity index (χ0) is 7.54. The van der Waals surface area contributed by atoms with Crippen molar-refractivity contribution in [1.29, 1.82) is 0 Å². The van der Waals surface area contributed by atoms with E-state index in [9.17, 15) is 0 Å². The molecule has 0 fully saturated rings. The summed E-state index contributed by atoms with van der Waals surface area (Å²) in [7, 11) is 0. The maximum Gasteiger partial charge on any atom is 2.00 e. The van der Waals surface area contributed by atoms with Crippen LogP contribution in [0.1, 0.15) is 32.6 Å². The Morgan fingerprint density at radius 1 is 1.20 bits per heavy atom. The predicted molar refractivity (Wildman–Crippen MR) is 54.4 cm³/mol. The van der Waals surface area contributed by atoms with Gasteiger partial charge in [-0.1, -0.05) is 35.7 Å². The van der Waals surface area contributed by atoms with Crippen LogP contribution in [0.5, 0.6) is 0 Å². The number of rotatable bonds is 3. The normalized spacial score (nSPS) is 7.20. The second-order valence-electron chi connectivity index (χ2n) is 1.75. The van der Waals surface area contributed by atoms with Crippen LogP contribution in [0.4, 0.5) is 0 Å². The van der Waals surface area contributed by atoms with Gasteiger partial charge < -0.3 is 13.8 Å². The molecule has 0 saturated carbocycles. The van der Waals surface area contributed by atoms with Crippen LogP contribution in [0, 0.1) is 13.8 Å². The van der Waals surface area contributed by atoms with Gasteiger partial charge in [0.1, 0.15) is 0 Å². The van der Waals surface area contributed by atoms with Crippen LogP contribution < -0.4 is 0 Å². The first-order valence-electron chi connectivity index (χ1n) is 3.47. The molecule has 0 aliphatic heterocycles. The maximum absolute atomic E-state index is 3.65. The van der Waals surface area contributed by atoms with Crippen molar-refractivity contribution in [2.24, 2.45) is 0 Å². The molecule has 0 radical (unpaired) electrons. The van der Waals surface area contributed by atoms with E-state index >= 15 is 0 Å². The first-order chi connectivity index (χ1) is 4.33. The van der Waals surface area contributed by atoms with Gasteiger partial charge in [-0.2, -0.15) is 12.8 Å². The second kappa shape index (κ2) is 22.5. The molecule has 58 valence electrons. The molecule has 10 heavy (non-hydrogen) atoms. The summed E-state index contributed by atoms with van der Waals surface area (Å²) in [5.74, 6) is 0. The molecule has 0 aromatic rings. The molecular weight excluding hydrogens is 200 g/mol. The van der Waals surface area contributed by atoms with Gasteiger partial charge in [-0.05, 0) is 0 Å². The smallest absolute Gasteiger partial charge is 0.343 e. The molecule has 0 N–H and O–H groups in total. The largest absolute Gasteiger partial charge is 2.00 e. The predicted octanol–water partition coefficient (Wildman–Crippen LogP) is 3.24. The first-order valence-corrected chi connectivity index (χ1v) is 4.60. The van der Waals surface area contributed by atoms with E-state index < -0.39 is 0 Å². The van der Waals surface area contributed by atoms with Gasteiger partial charge in [0, 0.05) is 5.33 Å². The Kier molecular flexibility index (Phi) is 39.0. The minimum atomic E-state index is 0. The second-order valence-corrected chi connectivity index (χ2v) is 2.54. The van der Waals surface area contributed by atoms with Gasteiger partial charge in [0.15, 0.2) is 0 Å². The fourth-order valence-corrected chi connectivity index (χ4v) is 0.491. The van der Waals surface area contributed by atoms with Gasteiger partial charge in [0.25, 0.3) is 0 Å². The molecule has 0 bridgehead atoms. The van der Waals surface area contributed by atoms with E-state index in [4.69, 9.17) is 0 Å². The Bertz CT molecular complexity index is 28.4. The number of unbranched alkanes of at least 4 members (excludes halogenated alkanes) is 2. The minimum absolute atomic E-state index is 0. The summed E-state index contributed by atoms with van der Waals surface area (Å²) >= 11 is 3.27. The molecule has 0 heterocycles. The molecule has 0 nitrogen and oxygen atoms in total. The van der Waals surface area contributed by atoms with Gasteiger partial charge in [-0.15, -0.1) is 0 Å². The molecule has 0 unspecified atom stereocenters. The van der Waals surface area contributed by atoms with Crippen LogP contribution in [0.2, 0.25) is 0 Å². The third-order valence-electron chi connectivity index (χ3n) is 0.737. The van der Waals surface area contributed by atoms with Gasteiger partial charge in [-0.3, -0.25) is 0 Å². The quantitative estimate of drug-likeness (QED) is 0.387. The molecule has 0 spiro atoms. The molecule has 2 heteroatoms. The zero-order valence-corrected chi connectivity index (χ0v) is 10.0. The summed E-state index contributed by atoms with van der Waals surface area (Å²) < 4.78 is 0. The topological polar surface area (TPSA) is 0 Å². The third-order valence-corrected chi connectivity index (χ3v) is 1.30. The molecule has 0 aliphatic rings. The fraction of sp³-hybridized carbons (Fsp3) is 0.750. The summed E-state index contributed by atoms with van der Waals surface area (Å²) in [6.07, 6.45) is 4.52. The van der Waals surface area contributed by atoms with Crippen molar-refractivity contribution in [2.45, 2.75) is 32.6 Å². The van der Waals surface area contributed by atoms with Crippen LogP contribution >= 0.6 is 15.9 Å². The van der Waals surface area contributed by atoms with Crippen molar-refractivity contribution in [3.63, 3.8) is 0 Å². The van der Waals surface area contributed by atoms with Crippen molar-refractivity contribution in [3.05, 3.63) is 13.8 Å². The SMILES string of the molecule is [CH2-]CCC.[CH2-]CCCBr.[Mg+2]. The number of alkyl halides is 1. The van der Waals surface area contributed by atoms with E-state index in [1.807, 2.05) is 0 Å². The first kappa shape index (κ1) is 17.4. The number of hydrogen-bond donors (Lipinski definition) is 0. The molecule has 0 rings (SSSR count). The van der Waals surface area contributed by atoms with Crippen LogP contribution in [0.15, 0.2) is 0 Å². The Morgan fingerprint density at radius 2 is 1.60 bits per heavy atom. The number of halogens is 1. The summed E-state index contributed by atoms with van der Waals surface area (Å²) in [6, 6.07) is 0. The Balaban J connectivity index is -0.0000000910. The molecular formula is C8H17BrMg. The van der Waals surface area contributed by atoms with E-state index in [-0.39, 0.29) is 23.1 Å². The minimum Gasteiger partial charge on any atom is -0.343 e. The van der Waals surface area contributed by atoms with Crippen molar-refractivity contribution in [2.75, 3.05) is 5.33 Å². The standard InChI is InChI=1S/C4H8Br.C4H9.Mg/c1-2-3-4-5;1-3-4-2;/h1-4H2;1,3-4H2,2H3;/q2*-1;+2. The monoisotopic (exact) mass is 216 g/mol. The molecule has 0 amide bonds. The van der Waals surface area contributed by atoms with Crippen LogP contribution in [0.25, 0.3) is 0 Å². The van der Waals surface area contributed by atoms with Crippen molar-refractivity contribution in [3.8, 4) is 0 Å². The Hall–Kier alpha value is 1.25. The van der Waals surface area contributed by atoms with E-state index in [1.165, 1.54) is 12.8 Å². The maximum atomic E-state index is 3.65. The average Bonchev–Trinajstić information content (AvgIpc) is 1.91. The number of hydrogen-bond acceptors (Lipinski definition) is 0. The van der Waals surface area contributed by atoms with E-state index in [1.54, 1.807) is 0 Å². The van der Waals surface area contributed by atoms with Gasteiger partial charge in [0.05, 0.1) is 0 Å². The van der Waals surface area contributed by atoms with Crippen LogP contribution in [-0.4, -0.2) is 28.4 Å². The zero-order valence-electron chi connectivity index (χ0n) is 7.03. The van der Waals surface area contributed by atoms with E-state index in [0.29, 0.717) is 0 Å². The Morgan fingerprint density at radius 3 is 1.60 bits per heavy atom. The molecule has 0 aromatic heterocycles. The van der Waals surface area contributed by atoms with E-state index in [2.05, 4.69) is 36.7 Å². The fourth-order valence-electron chi connectivity index (χ4n) is 0.0945. The summed E-state index contributed by atoms with van der Waals surface area (Å²) in [4.78, 5) is 0. The summed E-state index contributed by atoms with van der Waals surface area (Å²) in [5, 5.41) is 1.09.